The van der Waals surface area contributed by atoms with E-state index in [0.717, 1.165) is 6.07 Å². The second-order valence-electron chi connectivity index (χ2n) is 5.10. The van der Waals surface area contributed by atoms with E-state index in [1.54, 1.807) is 29.2 Å². The summed E-state index contributed by atoms with van der Waals surface area (Å²) in [4.78, 5) is 23.6. The lowest BCUT2D eigenvalue weighted by Gasteiger charge is -2.05. The molecule has 0 aliphatic heterocycles. The maximum absolute atomic E-state index is 13.0. The summed E-state index contributed by atoms with van der Waals surface area (Å²) in [5.74, 6) is -1.31. The van der Waals surface area contributed by atoms with Crippen LogP contribution in [-0.2, 0) is 16.1 Å². The first kappa shape index (κ1) is 16.4. The Balaban J connectivity index is 1.50. The molecule has 7 nitrogen and oxygen atoms in total. The van der Waals surface area contributed by atoms with Crippen LogP contribution in [0, 0.1) is 5.82 Å². The molecule has 0 unspecified atom stereocenters. The van der Waals surface area contributed by atoms with Crippen molar-refractivity contribution >= 4 is 17.6 Å². The molecule has 0 aliphatic carbocycles. The second-order valence-corrected chi connectivity index (χ2v) is 5.10. The Labute approximate surface area is 142 Å². The van der Waals surface area contributed by atoms with E-state index in [9.17, 15) is 14.0 Å². The lowest BCUT2D eigenvalue weighted by molar-refractivity contribution is -0.119. The van der Waals surface area contributed by atoms with Gasteiger partial charge in [0.05, 0.1) is 6.54 Å². The molecule has 128 valence electrons. The molecule has 3 rings (SSSR count). The van der Waals surface area contributed by atoms with Crippen molar-refractivity contribution in [3.05, 3.63) is 72.2 Å². The standard InChI is InChI=1S/C17H14FN3O4/c18-12-3-1-4-13(9-12)20-16(22)11-24-17(23)15-6-5-14(25-15)10-21-8-2-7-19-21/h1-9H,10-11H2,(H,20,22). The van der Waals surface area contributed by atoms with Crippen LogP contribution in [-0.4, -0.2) is 28.3 Å². The Kier molecular flexibility index (Phi) is 4.89. The minimum absolute atomic E-state index is 0.0132. The zero-order valence-corrected chi connectivity index (χ0v) is 13.0. The van der Waals surface area contributed by atoms with E-state index in [4.69, 9.17) is 9.15 Å². The number of ether oxygens (including phenoxy) is 1. The zero-order chi connectivity index (χ0) is 17.6. The van der Waals surface area contributed by atoms with Crippen molar-refractivity contribution < 1.29 is 23.1 Å². The summed E-state index contributed by atoms with van der Waals surface area (Å²) < 4.78 is 24.9. The van der Waals surface area contributed by atoms with E-state index in [-0.39, 0.29) is 11.4 Å². The number of nitrogens with zero attached hydrogens (tertiary/aromatic N) is 2. The van der Waals surface area contributed by atoms with Crippen LogP contribution in [0.15, 0.2) is 59.3 Å². The molecule has 2 aromatic heterocycles. The first-order valence-electron chi connectivity index (χ1n) is 7.39. The predicted molar refractivity (Wildman–Crippen MR) is 85.3 cm³/mol. The molecule has 0 aliphatic rings. The number of hydrogen-bond donors (Lipinski definition) is 1. The van der Waals surface area contributed by atoms with E-state index in [1.165, 1.54) is 24.3 Å². The monoisotopic (exact) mass is 343 g/mol. The Morgan fingerprint density at radius 1 is 1.24 bits per heavy atom. The Hall–Kier alpha value is -3.42. The fraction of sp³-hybridized carbons (Fsp3) is 0.118. The van der Waals surface area contributed by atoms with Gasteiger partial charge in [-0.2, -0.15) is 5.10 Å². The first-order valence-corrected chi connectivity index (χ1v) is 7.39. The second kappa shape index (κ2) is 7.43. The third-order valence-corrected chi connectivity index (χ3v) is 3.18. The number of esters is 1. The number of carbonyl (C=O) groups is 2. The van der Waals surface area contributed by atoms with Crippen LogP contribution in [0.5, 0.6) is 0 Å². The summed E-state index contributed by atoms with van der Waals surface area (Å²) in [5, 5.41) is 6.46. The largest absolute Gasteiger partial charge is 0.452 e. The topological polar surface area (TPSA) is 86.4 Å². The van der Waals surface area contributed by atoms with Crippen molar-refractivity contribution in [1.29, 1.82) is 0 Å². The van der Waals surface area contributed by atoms with Gasteiger partial charge < -0.3 is 14.5 Å². The summed E-state index contributed by atoms with van der Waals surface area (Å²) in [6, 6.07) is 10.3. The highest BCUT2D eigenvalue weighted by Crippen LogP contribution is 2.11. The van der Waals surface area contributed by atoms with E-state index >= 15 is 0 Å². The van der Waals surface area contributed by atoms with Crippen LogP contribution >= 0.6 is 0 Å². The van der Waals surface area contributed by atoms with Crippen molar-refractivity contribution in [1.82, 2.24) is 9.78 Å². The average Bonchev–Trinajstić information content (AvgIpc) is 3.25. The molecule has 0 saturated heterocycles. The number of halogens is 1. The minimum atomic E-state index is -0.763. The fourth-order valence-electron chi connectivity index (χ4n) is 2.09. The number of aromatic nitrogens is 2. The Morgan fingerprint density at radius 3 is 2.88 bits per heavy atom. The molecule has 0 radical (unpaired) electrons. The molecule has 0 spiro atoms. The van der Waals surface area contributed by atoms with Crippen LogP contribution in [0.1, 0.15) is 16.3 Å². The van der Waals surface area contributed by atoms with Gasteiger partial charge in [0.2, 0.25) is 5.76 Å². The molecule has 0 fully saturated rings. The summed E-state index contributed by atoms with van der Waals surface area (Å²) >= 11 is 0. The van der Waals surface area contributed by atoms with Gasteiger partial charge in [-0.3, -0.25) is 9.48 Å². The van der Waals surface area contributed by atoms with Gasteiger partial charge in [0, 0.05) is 18.1 Å². The van der Waals surface area contributed by atoms with Crippen molar-refractivity contribution in [2.75, 3.05) is 11.9 Å². The van der Waals surface area contributed by atoms with Gasteiger partial charge in [-0.1, -0.05) is 6.07 Å². The third-order valence-electron chi connectivity index (χ3n) is 3.18. The van der Waals surface area contributed by atoms with Gasteiger partial charge in [0.1, 0.15) is 11.6 Å². The van der Waals surface area contributed by atoms with Crippen molar-refractivity contribution in [2.45, 2.75) is 6.54 Å². The number of anilines is 1. The number of benzene rings is 1. The normalized spacial score (nSPS) is 10.4. The van der Waals surface area contributed by atoms with Crippen LogP contribution in [0.3, 0.4) is 0 Å². The highest BCUT2D eigenvalue weighted by atomic mass is 19.1. The SMILES string of the molecule is O=C(COC(=O)c1ccc(Cn2cccn2)o1)Nc1cccc(F)c1. The van der Waals surface area contributed by atoms with E-state index in [0.29, 0.717) is 12.3 Å². The van der Waals surface area contributed by atoms with Gasteiger partial charge in [-0.25, -0.2) is 9.18 Å². The maximum Gasteiger partial charge on any atom is 0.374 e. The molecule has 1 aromatic carbocycles. The molecule has 1 N–H and O–H groups in total. The van der Waals surface area contributed by atoms with E-state index in [2.05, 4.69) is 10.4 Å². The van der Waals surface area contributed by atoms with Crippen LogP contribution in [0.4, 0.5) is 10.1 Å². The quantitative estimate of drug-likeness (QED) is 0.695. The molecule has 0 atom stereocenters. The maximum atomic E-state index is 13.0. The lowest BCUT2D eigenvalue weighted by atomic mass is 10.3. The van der Waals surface area contributed by atoms with Crippen LogP contribution in [0.2, 0.25) is 0 Å². The molecule has 0 bridgehead atoms. The summed E-state index contributed by atoms with van der Waals surface area (Å²) in [6.45, 7) is -0.134. The zero-order valence-electron chi connectivity index (χ0n) is 13.0. The molecular weight excluding hydrogens is 329 g/mol. The summed E-state index contributed by atoms with van der Waals surface area (Å²) in [6.07, 6.45) is 3.40. The third kappa shape index (κ3) is 4.54. The fourth-order valence-corrected chi connectivity index (χ4v) is 2.09. The molecule has 25 heavy (non-hydrogen) atoms. The first-order chi connectivity index (χ1) is 12.1. The Morgan fingerprint density at radius 2 is 2.12 bits per heavy atom. The number of hydrogen-bond acceptors (Lipinski definition) is 5. The van der Waals surface area contributed by atoms with E-state index in [1.807, 2.05) is 0 Å². The number of carbonyl (C=O) groups excluding carboxylic acids is 2. The number of furan rings is 1. The molecule has 2 heterocycles. The predicted octanol–water partition coefficient (Wildman–Crippen LogP) is 2.46. The van der Waals surface area contributed by atoms with Gasteiger partial charge in [-0.05, 0) is 36.4 Å². The smallest absolute Gasteiger partial charge is 0.374 e. The minimum Gasteiger partial charge on any atom is -0.452 e. The molecule has 0 saturated carbocycles. The number of nitrogens with one attached hydrogen (secondary N) is 1. The number of rotatable bonds is 6. The van der Waals surface area contributed by atoms with Gasteiger partial charge in [-0.15, -0.1) is 0 Å². The van der Waals surface area contributed by atoms with E-state index < -0.39 is 24.3 Å². The number of amides is 1. The average molecular weight is 343 g/mol. The lowest BCUT2D eigenvalue weighted by Crippen LogP contribution is -2.20. The van der Waals surface area contributed by atoms with Gasteiger partial charge in [0.15, 0.2) is 6.61 Å². The van der Waals surface area contributed by atoms with Crippen LogP contribution < -0.4 is 5.32 Å². The Bertz CT molecular complexity index is 874. The van der Waals surface area contributed by atoms with Crippen molar-refractivity contribution in [2.24, 2.45) is 0 Å². The highest BCUT2D eigenvalue weighted by Gasteiger charge is 2.15. The molecular formula is C17H14FN3O4. The molecule has 1 amide bonds. The van der Waals surface area contributed by atoms with Gasteiger partial charge in [0.25, 0.3) is 5.91 Å². The molecule has 8 heteroatoms. The molecule has 3 aromatic rings. The van der Waals surface area contributed by atoms with Crippen molar-refractivity contribution in [3.63, 3.8) is 0 Å². The van der Waals surface area contributed by atoms with Crippen molar-refractivity contribution in [3.8, 4) is 0 Å². The summed E-state index contributed by atoms with van der Waals surface area (Å²) in [7, 11) is 0. The summed E-state index contributed by atoms with van der Waals surface area (Å²) in [5.41, 5.74) is 0.278. The van der Waals surface area contributed by atoms with Gasteiger partial charge >= 0.3 is 5.97 Å². The highest BCUT2D eigenvalue weighted by molar-refractivity contribution is 5.94. The van der Waals surface area contributed by atoms with Crippen LogP contribution in [0.25, 0.3) is 0 Å².